The number of benzene rings is 1. The molecular formula is C14H14BrClN2O. The number of rotatable bonds is 3. The fraction of sp³-hybridized carbons (Fsp3) is 0.286. The molecule has 19 heavy (non-hydrogen) atoms. The minimum absolute atomic E-state index is 0.337. The van der Waals surface area contributed by atoms with Gasteiger partial charge >= 0.3 is 0 Å². The first-order chi connectivity index (χ1) is 8.99. The maximum atomic E-state index is 6.24. The van der Waals surface area contributed by atoms with Gasteiger partial charge in [0, 0.05) is 11.2 Å². The van der Waals surface area contributed by atoms with Gasteiger partial charge in [0.1, 0.15) is 12.1 Å². The normalized spacial score (nSPS) is 10.8. The van der Waals surface area contributed by atoms with Gasteiger partial charge in [0.15, 0.2) is 0 Å². The zero-order valence-corrected chi connectivity index (χ0v) is 13.3. The lowest BCUT2D eigenvalue weighted by Gasteiger charge is -2.14. The summed E-state index contributed by atoms with van der Waals surface area (Å²) in [6.45, 7) is 6.16. The highest BCUT2D eigenvalue weighted by atomic mass is 79.9. The van der Waals surface area contributed by atoms with Gasteiger partial charge in [-0.1, -0.05) is 25.4 Å². The van der Waals surface area contributed by atoms with Crippen molar-refractivity contribution in [3.63, 3.8) is 0 Å². The molecule has 0 saturated carbocycles. The molecule has 0 radical (unpaired) electrons. The molecule has 100 valence electrons. The van der Waals surface area contributed by atoms with E-state index in [2.05, 4.69) is 39.7 Å². The highest BCUT2D eigenvalue weighted by molar-refractivity contribution is 9.10. The van der Waals surface area contributed by atoms with E-state index in [0.717, 1.165) is 26.4 Å². The molecule has 0 aliphatic heterocycles. The third-order valence-corrected chi connectivity index (χ3v) is 3.63. The number of halogens is 2. The van der Waals surface area contributed by atoms with Crippen molar-refractivity contribution in [2.24, 2.45) is 0 Å². The summed E-state index contributed by atoms with van der Waals surface area (Å²) in [5, 5.41) is 0.765. The molecule has 3 nitrogen and oxygen atoms in total. The van der Waals surface area contributed by atoms with E-state index < -0.39 is 0 Å². The molecule has 0 saturated heterocycles. The number of aromatic nitrogens is 2. The maximum absolute atomic E-state index is 6.24. The van der Waals surface area contributed by atoms with E-state index in [-0.39, 0.29) is 0 Å². The molecule has 0 fully saturated rings. The van der Waals surface area contributed by atoms with Gasteiger partial charge < -0.3 is 4.74 Å². The Morgan fingerprint density at radius 3 is 2.68 bits per heavy atom. The predicted molar refractivity (Wildman–Crippen MR) is 80.1 cm³/mol. The van der Waals surface area contributed by atoms with Gasteiger partial charge in [-0.15, -0.1) is 0 Å². The number of hydrogen-bond acceptors (Lipinski definition) is 3. The van der Waals surface area contributed by atoms with Crippen LogP contribution < -0.4 is 4.74 Å². The predicted octanol–water partition coefficient (Wildman–Crippen LogP) is 5.12. The largest absolute Gasteiger partial charge is 0.437 e. The van der Waals surface area contributed by atoms with Gasteiger partial charge in [-0.2, -0.15) is 0 Å². The molecule has 1 aromatic heterocycles. The summed E-state index contributed by atoms with van der Waals surface area (Å²) in [6, 6.07) is 3.89. The van der Waals surface area contributed by atoms with Crippen LogP contribution in [0.3, 0.4) is 0 Å². The summed E-state index contributed by atoms with van der Waals surface area (Å²) in [6.07, 6.45) is 3.10. The Morgan fingerprint density at radius 2 is 2.05 bits per heavy atom. The molecule has 0 amide bonds. The van der Waals surface area contributed by atoms with Crippen molar-refractivity contribution in [2.45, 2.75) is 26.7 Å². The molecule has 2 rings (SSSR count). The molecule has 0 atom stereocenters. The molecule has 5 heteroatoms. The molecule has 0 spiro atoms. The lowest BCUT2D eigenvalue weighted by atomic mass is 10.0. The number of ether oxygens (including phenoxy) is 1. The average Bonchev–Trinajstić information content (AvgIpc) is 2.34. The van der Waals surface area contributed by atoms with Crippen molar-refractivity contribution in [2.75, 3.05) is 0 Å². The van der Waals surface area contributed by atoms with E-state index in [1.54, 1.807) is 6.20 Å². The van der Waals surface area contributed by atoms with Crippen LogP contribution in [-0.2, 0) is 0 Å². The Labute approximate surface area is 126 Å². The summed E-state index contributed by atoms with van der Waals surface area (Å²) in [7, 11) is 0. The fourth-order valence-electron chi connectivity index (χ4n) is 1.70. The van der Waals surface area contributed by atoms with Crippen LogP contribution in [-0.4, -0.2) is 9.97 Å². The van der Waals surface area contributed by atoms with E-state index in [0.29, 0.717) is 11.8 Å². The van der Waals surface area contributed by atoms with Crippen molar-refractivity contribution in [1.82, 2.24) is 9.97 Å². The second kappa shape index (κ2) is 5.88. The Kier molecular flexibility index (Phi) is 4.42. The second-order valence-electron chi connectivity index (χ2n) is 4.57. The van der Waals surface area contributed by atoms with Gasteiger partial charge in [-0.25, -0.2) is 9.97 Å². The monoisotopic (exact) mass is 340 g/mol. The molecule has 1 heterocycles. The van der Waals surface area contributed by atoms with E-state index in [1.165, 1.54) is 6.33 Å². The van der Waals surface area contributed by atoms with Crippen LogP contribution in [0.1, 0.15) is 30.9 Å². The number of hydrogen-bond donors (Lipinski definition) is 0. The average molecular weight is 342 g/mol. The van der Waals surface area contributed by atoms with Crippen molar-refractivity contribution < 1.29 is 4.74 Å². The maximum Gasteiger partial charge on any atom is 0.236 e. The van der Waals surface area contributed by atoms with Crippen LogP contribution >= 0.6 is 27.5 Å². The molecule has 0 unspecified atom stereocenters. The van der Waals surface area contributed by atoms with Crippen LogP contribution in [0, 0.1) is 6.92 Å². The second-order valence-corrected chi connectivity index (χ2v) is 5.83. The van der Waals surface area contributed by atoms with Crippen LogP contribution in [0.25, 0.3) is 0 Å². The quantitative estimate of drug-likeness (QED) is 0.777. The highest BCUT2D eigenvalue weighted by Gasteiger charge is 2.12. The van der Waals surface area contributed by atoms with E-state index in [4.69, 9.17) is 16.3 Å². The van der Waals surface area contributed by atoms with E-state index in [1.807, 2.05) is 19.1 Å². The van der Waals surface area contributed by atoms with Gasteiger partial charge in [0.25, 0.3) is 0 Å². The minimum atomic E-state index is 0.337. The third kappa shape index (κ3) is 3.25. The zero-order chi connectivity index (χ0) is 14.0. The Bertz CT molecular complexity index is 602. The number of nitrogens with zero attached hydrogens (tertiary/aromatic N) is 2. The Hall–Kier alpha value is -1.13. The molecule has 0 aliphatic carbocycles. The molecule has 2 aromatic rings. The van der Waals surface area contributed by atoms with Gasteiger partial charge in [-0.3, -0.25) is 0 Å². The third-order valence-electron chi connectivity index (χ3n) is 2.76. The lowest BCUT2D eigenvalue weighted by Crippen LogP contribution is -1.96. The number of aryl methyl sites for hydroxylation is 1. The molecule has 0 aliphatic rings. The van der Waals surface area contributed by atoms with Crippen LogP contribution in [0.2, 0.25) is 5.02 Å². The first-order valence-electron chi connectivity index (χ1n) is 5.92. The highest BCUT2D eigenvalue weighted by Crippen LogP contribution is 2.34. The fourth-order valence-corrected chi connectivity index (χ4v) is 2.44. The molecule has 1 aromatic carbocycles. The van der Waals surface area contributed by atoms with Crippen molar-refractivity contribution in [1.29, 1.82) is 0 Å². The van der Waals surface area contributed by atoms with Gasteiger partial charge in [0.05, 0.1) is 4.47 Å². The lowest BCUT2D eigenvalue weighted by molar-refractivity contribution is 0.453. The Morgan fingerprint density at radius 1 is 1.32 bits per heavy atom. The van der Waals surface area contributed by atoms with Gasteiger partial charge in [0.2, 0.25) is 5.88 Å². The van der Waals surface area contributed by atoms with Crippen molar-refractivity contribution in [3.8, 4) is 11.6 Å². The van der Waals surface area contributed by atoms with Crippen molar-refractivity contribution >= 4 is 27.5 Å². The summed E-state index contributed by atoms with van der Waals surface area (Å²) in [5.41, 5.74) is 2.03. The summed E-state index contributed by atoms with van der Waals surface area (Å²) < 4.78 is 6.55. The molecule has 0 N–H and O–H groups in total. The van der Waals surface area contributed by atoms with Crippen LogP contribution in [0.15, 0.2) is 29.1 Å². The van der Waals surface area contributed by atoms with Crippen LogP contribution in [0.4, 0.5) is 0 Å². The summed E-state index contributed by atoms with van der Waals surface area (Å²) in [4.78, 5) is 8.01. The molecule has 0 bridgehead atoms. The van der Waals surface area contributed by atoms with Crippen LogP contribution in [0.5, 0.6) is 11.6 Å². The Balaban J connectivity index is 2.40. The topological polar surface area (TPSA) is 35.0 Å². The first-order valence-corrected chi connectivity index (χ1v) is 7.09. The standard InChI is InChI=1S/C14H14BrClN2O/c1-8(2)10-5-13(9(3)4-12(10)16)19-14-11(15)6-17-7-18-14/h4-8H,1-3H3. The van der Waals surface area contributed by atoms with E-state index in [9.17, 15) is 0 Å². The summed E-state index contributed by atoms with van der Waals surface area (Å²) >= 11 is 9.60. The molecular weight excluding hydrogens is 328 g/mol. The summed E-state index contributed by atoms with van der Waals surface area (Å²) in [5.74, 6) is 1.59. The zero-order valence-electron chi connectivity index (χ0n) is 10.9. The SMILES string of the molecule is Cc1cc(Cl)c(C(C)C)cc1Oc1ncncc1Br. The van der Waals surface area contributed by atoms with Gasteiger partial charge in [-0.05, 0) is 52.0 Å². The first kappa shape index (κ1) is 14.3. The van der Waals surface area contributed by atoms with E-state index >= 15 is 0 Å². The van der Waals surface area contributed by atoms with Crippen molar-refractivity contribution in [3.05, 3.63) is 45.3 Å². The minimum Gasteiger partial charge on any atom is -0.437 e. The smallest absolute Gasteiger partial charge is 0.236 e.